The molecule has 0 aliphatic carbocycles. The van der Waals surface area contributed by atoms with Crippen molar-refractivity contribution in [2.75, 3.05) is 12.3 Å². The molecule has 0 spiro atoms. The van der Waals surface area contributed by atoms with Gasteiger partial charge in [-0.25, -0.2) is 35.1 Å². The van der Waals surface area contributed by atoms with Crippen LogP contribution in [0.1, 0.15) is 37.3 Å². The van der Waals surface area contributed by atoms with Gasteiger partial charge in [0.2, 0.25) is 15.9 Å². The van der Waals surface area contributed by atoms with Crippen LogP contribution in [0.25, 0.3) is 11.1 Å². The van der Waals surface area contributed by atoms with E-state index in [1.807, 2.05) is 4.72 Å². The van der Waals surface area contributed by atoms with E-state index in [2.05, 4.69) is 6.58 Å². The van der Waals surface area contributed by atoms with Gasteiger partial charge in [-0.3, -0.25) is 4.79 Å². The Labute approximate surface area is 207 Å². The molecule has 5 nitrogen and oxygen atoms in total. The topological polar surface area (TPSA) is 66.5 Å². The van der Waals surface area contributed by atoms with E-state index in [0.717, 1.165) is 11.0 Å². The second-order valence-corrected chi connectivity index (χ2v) is 10.6. The number of allylic oxidation sites excluding steroid dienone is 1. The van der Waals surface area contributed by atoms with Crippen molar-refractivity contribution in [2.45, 2.75) is 50.6 Å². The first-order chi connectivity index (χ1) is 16.9. The monoisotopic (exact) mass is 530 g/mol. The van der Waals surface area contributed by atoms with Crippen LogP contribution < -0.4 is 4.72 Å². The number of rotatable bonds is 10. The standard InChI is InChI=1S/C25H27F5N2O3S/c1-3-5-12-21(33)32-15-25(29,30)23(31-36(34,35)4-2)20(32)14-17-9-7-11-19(22(17)26)16-8-6-10-18(13-16)24(27)28/h3,6-11,13,20,23-24,31H,1,4-5,12,14-15H2,2H3/t20-,23+/m0/s1. The summed E-state index contributed by atoms with van der Waals surface area (Å²) in [6.45, 7) is 3.77. The van der Waals surface area contributed by atoms with Crippen LogP contribution in [0.3, 0.4) is 0 Å². The van der Waals surface area contributed by atoms with Crippen LogP contribution in [0.2, 0.25) is 0 Å². The Morgan fingerprint density at radius 3 is 2.58 bits per heavy atom. The molecule has 2 atom stereocenters. The van der Waals surface area contributed by atoms with Crippen molar-refractivity contribution >= 4 is 15.9 Å². The van der Waals surface area contributed by atoms with E-state index in [-0.39, 0.29) is 35.1 Å². The average Bonchev–Trinajstić information content (AvgIpc) is 3.08. The molecule has 11 heteroatoms. The molecule has 1 heterocycles. The maximum atomic E-state index is 15.6. The van der Waals surface area contributed by atoms with E-state index >= 15 is 13.2 Å². The Morgan fingerprint density at radius 1 is 1.25 bits per heavy atom. The fraction of sp³-hybridized carbons (Fsp3) is 0.400. The summed E-state index contributed by atoms with van der Waals surface area (Å²) >= 11 is 0. The van der Waals surface area contributed by atoms with Gasteiger partial charge in [0.05, 0.1) is 18.3 Å². The predicted molar refractivity (Wildman–Crippen MR) is 127 cm³/mol. The van der Waals surface area contributed by atoms with Crippen LogP contribution in [0.4, 0.5) is 22.0 Å². The number of hydrogen-bond donors (Lipinski definition) is 1. The van der Waals surface area contributed by atoms with Gasteiger partial charge in [-0.05, 0) is 37.0 Å². The van der Waals surface area contributed by atoms with Crippen molar-refractivity contribution < 1.29 is 35.2 Å². The summed E-state index contributed by atoms with van der Waals surface area (Å²) in [6, 6.07) is 5.95. The molecule has 2 aromatic carbocycles. The molecule has 0 unspecified atom stereocenters. The number of sulfonamides is 1. The minimum absolute atomic E-state index is 0.0185. The smallest absolute Gasteiger partial charge is 0.283 e. The Bertz CT molecular complexity index is 1220. The molecular weight excluding hydrogens is 503 g/mol. The summed E-state index contributed by atoms with van der Waals surface area (Å²) in [7, 11) is -4.09. The third-order valence-corrected chi connectivity index (χ3v) is 7.52. The van der Waals surface area contributed by atoms with E-state index in [0.29, 0.717) is 0 Å². The third-order valence-electron chi connectivity index (χ3n) is 6.15. The molecule has 1 fully saturated rings. The molecule has 1 saturated heterocycles. The molecular formula is C25H27F5N2O3S. The zero-order chi connectivity index (χ0) is 26.7. The molecule has 0 saturated carbocycles. The highest BCUT2D eigenvalue weighted by Crippen LogP contribution is 2.37. The second-order valence-electron chi connectivity index (χ2n) is 8.59. The minimum atomic E-state index is -4.09. The summed E-state index contributed by atoms with van der Waals surface area (Å²) in [5, 5.41) is 0. The molecule has 1 amide bonds. The number of carbonyl (C=O) groups is 1. The van der Waals surface area contributed by atoms with Gasteiger partial charge >= 0.3 is 0 Å². The quantitative estimate of drug-likeness (QED) is 0.344. The summed E-state index contributed by atoms with van der Waals surface area (Å²) < 4.78 is 98.2. The Kier molecular flexibility index (Phi) is 8.55. The minimum Gasteiger partial charge on any atom is -0.331 e. The lowest BCUT2D eigenvalue weighted by Gasteiger charge is -2.28. The zero-order valence-corrected chi connectivity index (χ0v) is 20.4. The van der Waals surface area contributed by atoms with Crippen LogP contribution in [-0.2, 0) is 21.2 Å². The third kappa shape index (κ3) is 6.12. The average molecular weight is 531 g/mol. The fourth-order valence-corrected chi connectivity index (χ4v) is 5.13. The number of amides is 1. The molecule has 36 heavy (non-hydrogen) atoms. The highest BCUT2D eigenvalue weighted by Gasteiger charge is 2.56. The van der Waals surface area contributed by atoms with Crippen molar-refractivity contribution in [1.29, 1.82) is 0 Å². The van der Waals surface area contributed by atoms with Crippen molar-refractivity contribution in [3.8, 4) is 11.1 Å². The molecule has 196 valence electrons. The molecule has 1 aliphatic heterocycles. The van der Waals surface area contributed by atoms with Gasteiger partial charge < -0.3 is 4.90 Å². The number of likely N-dealkylation sites (tertiary alicyclic amines) is 1. The number of nitrogens with one attached hydrogen (secondary N) is 1. The van der Waals surface area contributed by atoms with Crippen LogP contribution in [-0.4, -0.2) is 49.5 Å². The Balaban J connectivity index is 2.03. The fourth-order valence-electron chi connectivity index (χ4n) is 4.24. The lowest BCUT2D eigenvalue weighted by Crippen LogP contribution is -2.52. The van der Waals surface area contributed by atoms with E-state index in [9.17, 15) is 22.0 Å². The summed E-state index contributed by atoms with van der Waals surface area (Å²) in [4.78, 5) is 13.6. The Morgan fingerprint density at radius 2 is 1.94 bits per heavy atom. The van der Waals surface area contributed by atoms with Crippen molar-refractivity contribution in [1.82, 2.24) is 9.62 Å². The van der Waals surface area contributed by atoms with Crippen molar-refractivity contribution in [2.24, 2.45) is 0 Å². The largest absolute Gasteiger partial charge is 0.331 e. The molecule has 0 radical (unpaired) electrons. The Hall–Kier alpha value is -2.79. The van der Waals surface area contributed by atoms with Gasteiger partial charge in [-0.2, -0.15) is 0 Å². The van der Waals surface area contributed by atoms with Crippen LogP contribution in [0.15, 0.2) is 55.1 Å². The molecule has 2 aromatic rings. The van der Waals surface area contributed by atoms with Gasteiger partial charge in [-0.15, -0.1) is 6.58 Å². The highest BCUT2D eigenvalue weighted by molar-refractivity contribution is 7.89. The maximum Gasteiger partial charge on any atom is 0.283 e. The summed E-state index contributed by atoms with van der Waals surface area (Å²) in [5.41, 5.74) is -0.207. The number of hydrogen-bond acceptors (Lipinski definition) is 3. The number of halogens is 5. The molecule has 0 aromatic heterocycles. The normalized spacial score (nSPS) is 19.6. The van der Waals surface area contributed by atoms with E-state index in [1.165, 1.54) is 49.4 Å². The van der Waals surface area contributed by atoms with Gasteiger partial charge in [0.1, 0.15) is 11.9 Å². The number of benzene rings is 2. The van der Waals surface area contributed by atoms with E-state index < -0.39 is 64.9 Å². The molecule has 3 rings (SSSR count). The van der Waals surface area contributed by atoms with Gasteiger partial charge in [0, 0.05) is 17.5 Å². The van der Waals surface area contributed by atoms with Crippen molar-refractivity contribution in [3.63, 3.8) is 0 Å². The van der Waals surface area contributed by atoms with Gasteiger partial charge in [0.25, 0.3) is 12.3 Å². The van der Waals surface area contributed by atoms with E-state index in [4.69, 9.17) is 0 Å². The van der Waals surface area contributed by atoms with Crippen LogP contribution in [0, 0.1) is 5.82 Å². The predicted octanol–water partition coefficient (Wildman–Crippen LogP) is 5.09. The van der Waals surface area contributed by atoms with Gasteiger partial charge in [-0.1, -0.05) is 42.5 Å². The van der Waals surface area contributed by atoms with E-state index in [1.54, 1.807) is 0 Å². The maximum absolute atomic E-state index is 15.6. The zero-order valence-electron chi connectivity index (χ0n) is 19.6. The lowest BCUT2D eigenvalue weighted by molar-refractivity contribution is -0.133. The molecule has 0 bridgehead atoms. The van der Waals surface area contributed by atoms with Gasteiger partial charge in [0.15, 0.2) is 0 Å². The number of alkyl halides is 4. The SMILES string of the molecule is C=CCCC(=O)N1CC(F)(F)[C@H](NS(=O)(=O)CC)[C@@H]1Cc1cccc(-c2cccc(C(F)F)c2)c1F. The highest BCUT2D eigenvalue weighted by atomic mass is 32.2. The van der Waals surface area contributed by atoms with Crippen LogP contribution >= 0.6 is 0 Å². The summed E-state index contributed by atoms with van der Waals surface area (Å²) in [5.74, 6) is -5.52. The first-order valence-electron chi connectivity index (χ1n) is 11.3. The van der Waals surface area contributed by atoms with Crippen molar-refractivity contribution in [3.05, 3.63) is 72.1 Å². The first-order valence-corrected chi connectivity index (χ1v) is 13.0. The number of nitrogens with zero attached hydrogens (tertiary/aromatic N) is 1. The van der Waals surface area contributed by atoms with Crippen LogP contribution in [0.5, 0.6) is 0 Å². The molecule has 1 N–H and O–H groups in total. The number of carbonyl (C=O) groups excluding carboxylic acids is 1. The molecule has 1 aliphatic rings. The second kappa shape index (κ2) is 11.1. The summed E-state index contributed by atoms with van der Waals surface area (Å²) in [6.07, 6.45) is -1.62. The first kappa shape index (κ1) is 27.8. The lowest BCUT2D eigenvalue weighted by atomic mass is 9.94.